The maximum absolute atomic E-state index is 14.9. The highest BCUT2D eigenvalue weighted by molar-refractivity contribution is 5.72. The van der Waals surface area contributed by atoms with Gasteiger partial charge in [-0.2, -0.15) is 0 Å². The summed E-state index contributed by atoms with van der Waals surface area (Å²) in [6.45, 7) is 9.31. The Morgan fingerprint density at radius 3 is 1.79 bits per heavy atom. The summed E-state index contributed by atoms with van der Waals surface area (Å²) >= 11 is 0. The Kier molecular flexibility index (Phi) is 8.19. The van der Waals surface area contributed by atoms with E-state index >= 15 is 0 Å². The number of rotatable bonds is 10. The van der Waals surface area contributed by atoms with Crippen LogP contribution in [0.4, 0.5) is 13.2 Å². The first kappa shape index (κ1) is 24.7. The van der Waals surface area contributed by atoms with Crippen LogP contribution >= 0.6 is 0 Å². The van der Waals surface area contributed by atoms with Crippen molar-refractivity contribution in [1.29, 1.82) is 0 Å². The monoisotopic (exact) mass is 466 g/mol. The van der Waals surface area contributed by atoms with E-state index in [2.05, 4.69) is 13.2 Å². The van der Waals surface area contributed by atoms with Crippen molar-refractivity contribution in [1.82, 2.24) is 0 Å². The van der Waals surface area contributed by atoms with Gasteiger partial charge in [-0.05, 0) is 54.0 Å². The number of benzene rings is 3. The Hall–Kier alpha value is -3.93. The topological polar surface area (TPSA) is 27.7 Å². The minimum atomic E-state index is -0.939. The van der Waals surface area contributed by atoms with Crippen LogP contribution in [0.1, 0.15) is 6.92 Å². The first-order valence-electron chi connectivity index (χ1n) is 10.6. The van der Waals surface area contributed by atoms with Gasteiger partial charge in [-0.25, -0.2) is 13.2 Å². The average Bonchev–Trinajstić information content (AvgIpc) is 2.85. The smallest absolute Gasteiger partial charge is 0.167 e. The van der Waals surface area contributed by atoms with E-state index < -0.39 is 17.5 Å². The van der Waals surface area contributed by atoms with Gasteiger partial charge in [0.1, 0.15) is 23.9 Å². The lowest BCUT2D eigenvalue weighted by atomic mass is 9.98. The molecule has 0 bridgehead atoms. The summed E-state index contributed by atoms with van der Waals surface area (Å²) in [6.07, 6.45) is 1.19. The minimum absolute atomic E-state index is 0.0335. The number of halogens is 3. The van der Waals surface area contributed by atoms with Crippen molar-refractivity contribution in [2.24, 2.45) is 0 Å². The molecule has 0 saturated carbocycles. The van der Waals surface area contributed by atoms with E-state index in [0.29, 0.717) is 34.8 Å². The van der Waals surface area contributed by atoms with Crippen LogP contribution in [0.5, 0.6) is 11.5 Å². The third-order valence-corrected chi connectivity index (χ3v) is 4.99. The van der Waals surface area contributed by atoms with Gasteiger partial charge in [0.25, 0.3) is 0 Å². The summed E-state index contributed by atoms with van der Waals surface area (Å²) in [5, 5.41) is 0. The van der Waals surface area contributed by atoms with E-state index in [9.17, 15) is 13.2 Å². The largest absolute Gasteiger partial charge is 0.497 e. The molecule has 0 spiro atoms. The summed E-state index contributed by atoms with van der Waals surface area (Å²) in [7, 11) is 1.54. The van der Waals surface area contributed by atoms with Crippen molar-refractivity contribution >= 4 is 0 Å². The fraction of sp³-hybridized carbons (Fsp3) is 0.143. The lowest BCUT2D eigenvalue weighted by Crippen LogP contribution is -2.00. The van der Waals surface area contributed by atoms with Crippen molar-refractivity contribution in [3.63, 3.8) is 0 Å². The molecule has 0 atom stereocenters. The Morgan fingerprint density at radius 1 is 0.824 bits per heavy atom. The van der Waals surface area contributed by atoms with Crippen LogP contribution in [-0.2, 0) is 4.74 Å². The zero-order valence-electron chi connectivity index (χ0n) is 19.0. The van der Waals surface area contributed by atoms with E-state index in [-0.39, 0.29) is 23.5 Å². The molecule has 0 unspecified atom stereocenters. The predicted molar refractivity (Wildman–Crippen MR) is 128 cm³/mol. The van der Waals surface area contributed by atoms with E-state index in [1.54, 1.807) is 61.5 Å². The van der Waals surface area contributed by atoms with Crippen LogP contribution in [-0.4, -0.2) is 20.3 Å². The molecule has 0 saturated heterocycles. The van der Waals surface area contributed by atoms with Gasteiger partial charge in [0.05, 0.1) is 13.7 Å². The Balaban J connectivity index is 1.70. The van der Waals surface area contributed by atoms with Crippen LogP contribution in [0.25, 0.3) is 22.3 Å². The van der Waals surface area contributed by atoms with Gasteiger partial charge in [0, 0.05) is 11.1 Å². The third kappa shape index (κ3) is 5.90. The number of methoxy groups -OCH3 is 1. The quantitative estimate of drug-likeness (QED) is 0.227. The predicted octanol–water partition coefficient (Wildman–Crippen LogP) is 7.65. The van der Waals surface area contributed by atoms with Gasteiger partial charge >= 0.3 is 0 Å². The molecule has 0 aliphatic rings. The summed E-state index contributed by atoms with van der Waals surface area (Å²) in [5.41, 5.74) is 1.70. The molecular weight excluding hydrogens is 441 g/mol. The maximum Gasteiger partial charge on any atom is 0.167 e. The van der Waals surface area contributed by atoms with Crippen LogP contribution in [0, 0.1) is 11.6 Å². The Labute approximate surface area is 197 Å². The average molecular weight is 466 g/mol. The van der Waals surface area contributed by atoms with Crippen LogP contribution in [0.3, 0.4) is 0 Å². The molecule has 0 N–H and O–H groups in total. The van der Waals surface area contributed by atoms with Crippen LogP contribution in [0.15, 0.2) is 97.1 Å². The van der Waals surface area contributed by atoms with Gasteiger partial charge in [-0.15, -0.1) is 0 Å². The maximum atomic E-state index is 14.9. The molecule has 0 amide bonds. The Morgan fingerprint density at radius 2 is 1.32 bits per heavy atom. The van der Waals surface area contributed by atoms with Gasteiger partial charge in [0.15, 0.2) is 17.5 Å². The summed E-state index contributed by atoms with van der Waals surface area (Å²) in [4.78, 5) is 0. The molecule has 6 heteroatoms. The first-order chi connectivity index (χ1) is 16.3. The normalized spacial score (nSPS) is 11.1. The molecule has 34 heavy (non-hydrogen) atoms. The number of allylic oxidation sites excluding steroid dienone is 1. The van der Waals surface area contributed by atoms with Crippen molar-refractivity contribution in [3.8, 4) is 33.8 Å². The molecule has 0 aromatic heterocycles. The molecule has 0 aliphatic carbocycles. The SMILES string of the molecule is C=C(/C=C(/F)C(=C)OCC)COc1ccc(-c2ccc(-c3ccc(OC)cc3)c(F)c2F)cc1. The summed E-state index contributed by atoms with van der Waals surface area (Å²) in [6, 6.07) is 16.3. The molecule has 0 radical (unpaired) electrons. The van der Waals surface area contributed by atoms with Gasteiger partial charge in [-0.3, -0.25) is 0 Å². The van der Waals surface area contributed by atoms with E-state index in [0.717, 1.165) is 0 Å². The first-order valence-corrected chi connectivity index (χ1v) is 10.6. The molecule has 3 rings (SSSR count). The third-order valence-electron chi connectivity index (χ3n) is 4.99. The summed E-state index contributed by atoms with van der Waals surface area (Å²) in [5.74, 6) is -1.46. The highest BCUT2D eigenvalue weighted by Crippen LogP contribution is 2.33. The fourth-order valence-corrected chi connectivity index (χ4v) is 3.22. The number of hydrogen-bond acceptors (Lipinski definition) is 3. The number of ether oxygens (including phenoxy) is 3. The van der Waals surface area contributed by atoms with Gasteiger partial charge in [-0.1, -0.05) is 49.6 Å². The van der Waals surface area contributed by atoms with Crippen molar-refractivity contribution < 1.29 is 27.4 Å². The highest BCUT2D eigenvalue weighted by atomic mass is 19.2. The zero-order valence-corrected chi connectivity index (χ0v) is 19.0. The van der Waals surface area contributed by atoms with E-state index in [1.165, 1.54) is 19.3 Å². The molecule has 3 aromatic carbocycles. The zero-order chi connectivity index (χ0) is 24.7. The van der Waals surface area contributed by atoms with Gasteiger partial charge in [0.2, 0.25) is 0 Å². The van der Waals surface area contributed by atoms with Gasteiger partial charge < -0.3 is 14.2 Å². The molecule has 3 aromatic rings. The van der Waals surface area contributed by atoms with E-state index in [4.69, 9.17) is 14.2 Å². The van der Waals surface area contributed by atoms with Crippen molar-refractivity contribution in [2.75, 3.05) is 20.3 Å². The molecule has 176 valence electrons. The second-order valence-electron chi connectivity index (χ2n) is 7.34. The molecule has 0 aliphatic heterocycles. The lowest BCUT2D eigenvalue weighted by Gasteiger charge is -2.11. The lowest BCUT2D eigenvalue weighted by molar-refractivity contribution is 0.226. The van der Waals surface area contributed by atoms with Crippen LogP contribution < -0.4 is 9.47 Å². The molecule has 0 heterocycles. The second kappa shape index (κ2) is 11.3. The van der Waals surface area contributed by atoms with Crippen molar-refractivity contribution in [3.05, 3.63) is 109 Å². The fourth-order valence-electron chi connectivity index (χ4n) is 3.22. The summed E-state index contributed by atoms with van der Waals surface area (Å²) < 4.78 is 59.3. The minimum Gasteiger partial charge on any atom is -0.497 e. The second-order valence-corrected chi connectivity index (χ2v) is 7.34. The highest BCUT2D eigenvalue weighted by Gasteiger charge is 2.16. The molecular formula is C28H25F3O3. The van der Waals surface area contributed by atoms with Crippen LogP contribution in [0.2, 0.25) is 0 Å². The Bertz CT molecular complexity index is 1200. The van der Waals surface area contributed by atoms with E-state index in [1.807, 2.05) is 0 Å². The molecule has 0 fully saturated rings. The standard InChI is InChI=1S/C28H25F3O3/c1-5-33-19(3)26(29)16-18(2)17-34-23-12-8-21(9-13-23)25-15-14-24(27(30)28(25)31)20-6-10-22(32-4)11-7-20/h6-16H,2-3,5,17H2,1,4H3/b26-16+. The van der Waals surface area contributed by atoms with Crippen molar-refractivity contribution in [2.45, 2.75) is 6.92 Å². The number of hydrogen-bond donors (Lipinski definition) is 0. The molecule has 3 nitrogen and oxygen atoms in total.